The number of hydrogen-bond donors (Lipinski definition) is 0. The summed E-state index contributed by atoms with van der Waals surface area (Å²) in [6.45, 7) is 0.937. The number of methoxy groups -OCH3 is 1. The van der Waals surface area contributed by atoms with Crippen LogP contribution in [0.15, 0.2) is 59.7 Å². The van der Waals surface area contributed by atoms with Gasteiger partial charge in [0.25, 0.3) is 5.56 Å². The van der Waals surface area contributed by atoms with Crippen molar-refractivity contribution in [2.45, 2.75) is 26.1 Å². The molecule has 0 saturated carbocycles. The Morgan fingerprint density at radius 2 is 1.96 bits per heavy atom. The number of benzene rings is 1. The highest BCUT2D eigenvalue weighted by molar-refractivity contribution is 5.76. The van der Waals surface area contributed by atoms with Gasteiger partial charge in [0.15, 0.2) is 0 Å². The van der Waals surface area contributed by atoms with Gasteiger partial charge in [-0.15, -0.1) is 0 Å². The molecular formula is C21H20N4O3. The Bertz CT molecular complexity index is 1060. The quantitative estimate of drug-likeness (QED) is 0.678. The molecule has 7 nitrogen and oxygen atoms in total. The minimum atomic E-state index is -0.186. The van der Waals surface area contributed by atoms with Gasteiger partial charge in [-0.05, 0) is 23.8 Å². The predicted molar refractivity (Wildman–Crippen MR) is 103 cm³/mol. The number of pyridine rings is 1. The van der Waals surface area contributed by atoms with Crippen LogP contribution >= 0.6 is 0 Å². The number of nitrogens with zero attached hydrogens (tertiary/aromatic N) is 4. The Kier molecular flexibility index (Phi) is 4.89. The summed E-state index contributed by atoms with van der Waals surface area (Å²) in [4.78, 5) is 35.2. The van der Waals surface area contributed by atoms with Gasteiger partial charge in [0.2, 0.25) is 5.91 Å². The second-order valence-corrected chi connectivity index (χ2v) is 6.70. The molecule has 0 spiro atoms. The Balaban J connectivity index is 1.44. The Morgan fingerprint density at radius 1 is 1.14 bits per heavy atom. The molecule has 1 aliphatic rings. The van der Waals surface area contributed by atoms with Crippen molar-refractivity contribution in [2.24, 2.45) is 0 Å². The molecular weight excluding hydrogens is 356 g/mol. The van der Waals surface area contributed by atoms with E-state index in [1.165, 1.54) is 10.6 Å². The molecule has 0 atom stereocenters. The fourth-order valence-corrected chi connectivity index (χ4v) is 3.22. The molecule has 0 unspecified atom stereocenters. The predicted octanol–water partition coefficient (Wildman–Crippen LogP) is 1.78. The van der Waals surface area contributed by atoms with Crippen LogP contribution in [-0.2, 0) is 30.8 Å². The Morgan fingerprint density at radius 3 is 2.71 bits per heavy atom. The first-order valence-electron chi connectivity index (χ1n) is 9.02. The number of aromatic nitrogens is 3. The summed E-state index contributed by atoms with van der Waals surface area (Å²) >= 11 is 0. The average molecular weight is 376 g/mol. The van der Waals surface area contributed by atoms with Gasteiger partial charge in [0.05, 0.1) is 19.3 Å². The monoisotopic (exact) mass is 376 g/mol. The number of rotatable bonds is 5. The third-order valence-electron chi connectivity index (χ3n) is 4.78. The maximum atomic E-state index is 12.6. The second kappa shape index (κ2) is 7.64. The van der Waals surface area contributed by atoms with E-state index in [1.807, 2.05) is 24.3 Å². The highest BCUT2D eigenvalue weighted by atomic mass is 16.5. The Hall–Kier alpha value is -3.48. The van der Waals surface area contributed by atoms with Gasteiger partial charge < -0.3 is 14.2 Å². The van der Waals surface area contributed by atoms with Gasteiger partial charge in [-0.2, -0.15) is 0 Å². The molecule has 1 amide bonds. The van der Waals surface area contributed by atoms with Crippen LogP contribution in [0.3, 0.4) is 0 Å². The summed E-state index contributed by atoms with van der Waals surface area (Å²) in [6.07, 6.45) is 4.03. The molecule has 0 N–H and O–H groups in total. The lowest BCUT2D eigenvalue weighted by molar-refractivity contribution is -0.132. The Labute approximate surface area is 162 Å². The molecule has 0 aliphatic carbocycles. The van der Waals surface area contributed by atoms with Crippen LogP contribution in [-0.4, -0.2) is 32.5 Å². The molecule has 0 radical (unpaired) electrons. The van der Waals surface area contributed by atoms with Gasteiger partial charge in [-0.3, -0.25) is 9.59 Å². The third kappa shape index (κ3) is 3.78. The number of hydrogen-bond acceptors (Lipinski definition) is 5. The number of ether oxygens (including phenoxy) is 1. The molecule has 0 bridgehead atoms. The normalized spacial score (nSPS) is 12.7. The van der Waals surface area contributed by atoms with Crippen LogP contribution in [0.2, 0.25) is 0 Å². The minimum Gasteiger partial charge on any atom is -0.497 e. The molecule has 3 aromatic rings. The molecule has 0 saturated heterocycles. The van der Waals surface area contributed by atoms with Crippen LogP contribution in [0, 0.1) is 0 Å². The summed E-state index contributed by atoms with van der Waals surface area (Å²) in [5.74, 6) is 1.42. The van der Waals surface area contributed by atoms with Gasteiger partial charge in [-0.1, -0.05) is 18.2 Å². The van der Waals surface area contributed by atoms with E-state index in [-0.39, 0.29) is 18.0 Å². The minimum absolute atomic E-state index is 0.0276. The molecule has 7 heteroatoms. The van der Waals surface area contributed by atoms with E-state index < -0.39 is 0 Å². The zero-order valence-corrected chi connectivity index (χ0v) is 15.5. The van der Waals surface area contributed by atoms with E-state index in [0.29, 0.717) is 19.5 Å². The van der Waals surface area contributed by atoms with Crippen molar-refractivity contribution < 1.29 is 9.53 Å². The van der Waals surface area contributed by atoms with E-state index in [2.05, 4.69) is 9.97 Å². The summed E-state index contributed by atoms with van der Waals surface area (Å²) in [5, 5.41) is 0. The van der Waals surface area contributed by atoms with Crippen molar-refractivity contribution in [3.63, 3.8) is 0 Å². The molecule has 28 heavy (non-hydrogen) atoms. The topological polar surface area (TPSA) is 77.3 Å². The second-order valence-electron chi connectivity index (χ2n) is 6.70. The first-order valence-corrected chi connectivity index (χ1v) is 9.02. The van der Waals surface area contributed by atoms with Gasteiger partial charge in [-0.25, -0.2) is 9.97 Å². The standard InChI is InChI=1S/C21H20N4O3/c1-28-17-7-5-15(6-8-17)10-19-22-11-16-12-25(13-18(16)23-19)21(27)14-24-9-3-2-4-20(24)26/h2-9,11H,10,12-14H2,1H3. The van der Waals surface area contributed by atoms with Crippen LogP contribution in [0.4, 0.5) is 0 Å². The van der Waals surface area contributed by atoms with Crippen molar-refractivity contribution in [3.05, 3.63) is 87.9 Å². The maximum absolute atomic E-state index is 12.6. The van der Waals surface area contributed by atoms with Crippen molar-refractivity contribution in [1.29, 1.82) is 0 Å². The van der Waals surface area contributed by atoms with E-state index >= 15 is 0 Å². The van der Waals surface area contributed by atoms with Crippen LogP contribution < -0.4 is 10.3 Å². The largest absolute Gasteiger partial charge is 0.497 e. The van der Waals surface area contributed by atoms with Crippen LogP contribution in [0.1, 0.15) is 22.6 Å². The van der Waals surface area contributed by atoms with Crippen molar-refractivity contribution >= 4 is 5.91 Å². The summed E-state index contributed by atoms with van der Waals surface area (Å²) in [6, 6.07) is 12.6. The fourth-order valence-electron chi connectivity index (χ4n) is 3.22. The van der Waals surface area contributed by atoms with Crippen molar-refractivity contribution in [2.75, 3.05) is 7.11 Å². The van der Waals surface area contributed by atoms with E-state index in [4.69, 9.17) is 4.74 Å². The van der Waals surface area contributed by atoms with Crippen molar-refractivity contribution in [1.82, 2.24) is 19.4 Å². The summed E-state index contributed by atoms with van der Waals surface area (Å²) in [5.41, 5.74) is 2.73. The number of fused-ring (bicyclic) bond motifs is 1. The highest BCUT2D eigenvalue weighted by Crippen LogP contribution is 2.21. The van der Waals surface area contributed by atoms with Crippen LogP contribution in [0.25, 0.3) is 0 Å². The maximum Gasteiger partial charge on any atom is 0.250 e. The van der Waals surface area contributed by atoms with E-state index in [0.717, 1.165) is 28.4 Å². The highest BCUT2D eigenvalue weighted by Gasteiger charge is 2.25. The SMILES string of the molecule is COc1ccc(Cc2ncc3c(n2)CN(C(=O)Cn2ccccc2=O)C3)cc1. The summed E-state index contributed by atoms with van der Waals surface area (Å²) in [7, 11) is 1.64. The van der Waals surface area contributed by atoms with Gasteiger partial charge in [0.1, 0.15) is 18.1 Å². The van der Waals surface area contributed by atoms with Gasteiger partial charge in [0, 0.05) is 37.0 Å². The fraction of sp³-hybridized carbons (Fsp3) is 0.238. The molecule has 0 fully saturated rings. The molecule has 1 aromatic carbocycles. The van der Waals surface area contributed by atoms with Gasteiger partial charge >= 0.3 is 0 Å². The van der Waals surface area contributed by atoms with E-state index in [9.17, 15) is 9.59 Å². The molecule has 2 aromatic heterocycles. The molecule has 1 aliphatic heterocycles. The number of carbonyl (C=O) groups is 1. The smallest absolute Gasteiger partial charge is 0.250 e. The average Bonchev–Trinajstić information content (AvgIpc) is 3.14. The summed E-state index contributed by atoms with van der Waals surface area (Å²) < 4.78 is 6.58. The number of carbonyl (C=O) groups excluding carboxylic acids is 1. The third-order valence-corrected chi connectivity index (χ3v) is 4.78. The van der Waals surface area contributed by atoms with Crippen molar-refractivity contribution in [3.8, 4) is 5.75 Å². The lowest BCUT2D eigenvalue weighted by atomic mass is 10.1. The zero-order chi connectivity index (χ0) is 19.5. The molecule has 142 valence electrons. The molecule has 4 rings (SSSR count). The zero-order valence-electron chi connectivity index (χ0n) is 15.5. The first-order chi connectivity index (χ1) is 13.6. The van der Waals surface area contributed by atoms with E-state index in [1.54, 1.807) is 36.5 Å². The lowest BCUT2D eigenvalue weighted by Gasteiger charge is -2.15. The first kappa shape index (κ1) is 17.9. The molecule has 3 heterocycles. The van der Waals surface area contributed by atoms with Crippen LogP contribution in [0.5, 0.6) is 5.75 Å². The number of amides is 1. The lowest BCUT2D eigenvalue weighted by Crippen LogP contribution is -2.32.